The lowest BCUT2D eigenvalue weighted by Gasteiger charge is -2.33. The van der Waals surface area contributed by atoms with E-state index in [1.54, 1.807) is 17.2 Å². The van der Waals surface area contributed by atoms with Crippen molar-refractivity contribution in [3.63, 3.8) is 0 Å². The molecule has 0 fully saturated rings. The first kappa shape index (κ1) is 21.6. The molecular formula is C26H27N3O3. The summed E-state index contributed by atoms with van der Waals surface area (Å²) in [5, 5.41) is 2.97. The van der Waals surface area contributed by atoms with E-state index in [1.807, 2.05) is 54.6 Å². The molecule has 0 saturated carbocycles. The van der Waals surface area contributed by atoms with Gasteiger partial charge in [-0.3, -0.25) is 14.5 Å². The molecular weight excluding hydrogens is 402 g/mol. The smallest absolute Gasteiger partial charge is 0.274 e. The predicted molar refractivity (Wildman–Crippen MR) is 123 cm³/mol. The van der Waals surface area contributed by atoms with Gasteiger partial charge in [0.1, 0.15) is 0 Å². The zero-order valence-electron chi connectivity index (χ0n) is 17.9. The second kappa shape index (κ2) is 10.6. The average molecular weight is 430 g/mol. The van der Waals surface area contributed by atoms with Crippen molar-refractivity contribution in [2.45, 2.75) is 31.8 Å². The summed E-state index contributed by atoms with van der Waals surface area (Å²) in [4.78, 5) is 31.4. The quantitative estimate of drug-likeness (QED) is 0.521. The normalized spacial score (nSPS) is 15.1. The number of pyridine rings is 1. The van der Waals surface area contributed by atoms with Crippen LogP contribution in [0, 0.1) is 0 Å². The summed E-state index contributed by atoms with van der Waals surface area (Å²) in [6, 6.07) is 23.3. The molecule has 0 saturated heterocycles. The number of nitrogens with one attached hydrogen (secondary N) is 1. The number of anilines is 1. The number of aromatic nitrogens is 1. The highest BCUT2D eigenvalue weighted by atomic mass is 16.5. The van der Waals surface area contributed by atoms with Crippen LogP contribution in [0.25, 0.3) is 0 Å². The van der Waals surface area contributed by atoms with Gasteiger partial charge >= 0.3 is 0 Å². The monoisotopic (exact) mass is 429 g/mol. The number of benzene rings is 2. The second-order valence-corrected chi connectivity index (χ2v) is 7.77. The summed E-state index contributed by atoms with van der Waals surface area (Å²) in [7, 11) is 0. The molecule has 164 valence electrons. The van der Waals surface area contributed by atoms with Crippen molar-refractivity contribution in [2.24, 2.45) is 0 Å². The molecule has 2 aromatic carbocycles. The van der Waals surface area contributed by atoms with Crippen molar-refractivity contribution >= 4 is 17.6 Å². The van der Waals surface area contributed by atoms with Gasteiger partial charge in [-0.2, -0.15) is 0 Å². The van der Waals surface area contributed by atoms with Gasteiger partial charge < -0.3 is 10.1 Å². The second-order valence-electron chi connectivity index (χ2n) is 7.77. The highest BCUT2D eigenvalue weighted by Gasteiger charge is 2.36. The Balaban J connectivity index is 1.29. The molecule has 0 aliphatic carbocycles. The van der Waals surface area contributed by atoms with Gasteiger partial charge in [-0.05, 0) is 37.0 Å². The number of nitrogens with zero attached hydrogens (tertiary/aromatic N) is 2. The summed E-state index contributed by atoms with van der Waals surface area (Å²) in [6.45, 7) is 1.05. The average Bonchev–Trinajstić information content (AvgIpc) is 2.84. The Hall–Kier alpha value is -3.67. The number of hydrogen-bond acceptors (Lipinski definition) is 4. The standard InChI is InChI=1S/C26H27N3O3/c30-23(27-17-7-12-20-10-3-1-4-11-20)16-9-19-29-25-22(15-8-18-28-25)32-24(26(29)31)21-13-5-2-6-14-21/h1-6,8,10-11,13-15,18,24H,7,9,12,16-17,19H2,(H,27,30). The fourth-order valence-electron chi connectivity index (χ4n) is 3.81. The lowest BCUT2D eigenvalue weighted by Crippen LogP contribution is -2.42. The van der Waals surface area contributed by atoms with E-state index in [2.05, 4.69) is 22.4 Å². The molecule has 2 heterocycles. The largest absolute Gasteiger partial charge is 0.472 e. The van der Waals surface area contributed by atoms with Gasteiger partial charge in [-0.25, -0.2) is 4.98 Å². The van der Waals surface area contributed by atoms with Crippen molar-refractivity contribution in [1.29, 1.82) is 0 Å². The van der Waals surface area contributed by atoms with E-state index >= 15 is 0 Å². The van der Waals surface area contributed by atoms with Gasteiger partial charge in [0.05, 0.1) is 0 Å². The van der Waals surface area contributed by atoms with Gasteiger partial charge in [0, 0.05) is 31.3 Å². The maximum atomic E-state index is 13.2. The van der Waals surface area contributed by atoms with Gasteiger partial charge in [0.2, 0.25) is 12.0 Å². The number of rotatable bonds is 9. The van der Waals surface area contributed by atoms with Crippen molar-refractivity contribution in [1.82, 2.24) is 10.3 Å². The zero-order valence-corrected chi connectivity index (χ0v) is 17.9. The number of amides is 2. The molecule has 3 aromatic rings. The molecule has 4 rings (SSSR count). The van der Waals surface area contributed by atoms with Crippen LogP contribution >= 0.6 is 0 Å². The molecule has 6 heteroatoms. The molecule has 1 N–H and O–H groups in total. The third-order valence-corrected chi connectivity index (χ3v) is 5.44. The maximum absolute atomic E-state index is 13.2. The van der Waals surface area contributed by atoms with Crippen LogP contribution in [-0.4, -0.2) is 29.9 Å². The van der Waals surface area contributed by atoms with Crippen LogP contribution < -0.4 is 15.0 Å². The first-order valence-electron chi connectivity index (χ1n) is 11.0. The number of aryl methyl sites for hydroxylation is 1. The molecule has 1 aromatic heterocycles. The van der Waals surface area contributed by atoms with Crippen LogP contribution in [-0.2, 0) is 16.0 Å². The Kier molecular flexibility index (Phi) is 7.12. The van der Waals surface area contributed by atoms with Gasteiger partial charge in [0.15, 0.2) is 11.6 Å². The van der Waals surface area contributed by atoms with Crippen LogP contribution in [0.1, 0.15) is 36.5 Å². The Morgan fingerprint density at radius 3 is 2.50 bits per heavy atom. The molecule has 0 radical (unpaired) electrons. The molecule has 1 atom stereocenters. The molecule has 32 heavy (non-hydrogen) atoms. The summed E-state index contributed by atoms with van der Waals surface area (Å²) >= 11 is 0. The first-order valence-corrected chi connectivity index (χ1v) is 11.0. The lowest BCUT2D eigenvalue weighted by molar-refractivity contribution is -0.127. The van der Waals surface area contributed by atoms with Crippen LogP contribution in [0.2, 0.25) is 0 Å². The van der Waals surface area contributed by atoms with E-state index in [0.29, 0.717) is 37.5 Å². The van der Waals surface area contributed by atoms with Gasteiger partial charge in [-0.15, -0.1) is 0 Å². The number of hydrogen-bond donors (Lipinski definition) is 1. The van der Waals surface area contributed by atoms with Crippen molar-refractivity contribution in [3.8, 4) is 5.75 Å². The van der Waals surface area contributed by atoms with Crippen LogP contribution in [0.15, 0.2) is 79.0 Å². The summed E-state index contributed by atoms with van der Waals surface area (Å²) in [5.41, 5.74) is 2.07. The Morgan fingerprint density at radius 2 is 1.72 bits per heavy atom. The van der Waals surface area contributed by atoms with E-state index < -0.39 is 6.10 Å². The summed E-state index contributed by atoms with van der Waals surface area (Å²) in [5.74, 6) is 0.921. The number of ether oxygens (including phenoxy) is 1. The summed E-state index contributed by atoms with van der Waals surface area (Å²) < 4.78 is 5.96. The van der Waals surface area contributed by atoms with Crippen molar-refractivity contribution in [2.75, 3.05) is 18.0 Å². The van der Waals surface area contributed by atoms with Crippen LogP contribution in [0.4, 0.5) is 5.82 Å². The minimum atomic E-state index is -0.709. The fourth-order valence-corrected chi connectivity index (χ4v) is 3.81. The van der Waals surface area contributed by atoms with E-state index in [9.17, 15) is 9.59 Å². The van der Waals surface area contributed by atoms with E-state index in [4.69, 9.17) is 4.74 Å². The minimum absolute atomic E-state index is 0.000348. The van der Waals surface area contributed by atoms with Crippen LogP contribution in [0.3, 0.4) is 0 Å². The lowest BCUT2D eigenvalue weighted by atomic mass is 10.1. The minimum Gasteiger partial charge on any atom is -0.472 e. The first-order chi connectivity index (χ1) is 15.7. The fraction of sp³-hybridized carbons (Fsp3) is 0.269. The molecule has 1 unspecified atom stereocenters. The Bertz CT molecular complexity index is 1040. The number of fused-ring (bicyclic) bond motifs is 1. The topological polar surface area (TPSA) is 71.5 Å². The Morgan fingerprint density at radius 1 is 0.969 bits per heavy atom. The highest BCUT2D eigenvalue weighted by Crippen LogP contribution is 2.37. The molecule has 1 aliphatic heterocycles. The van der Waals surface area contributed by atoms with E-state index in [0.717, 1.165) is 18.4 Å². The number of carbonyl (C=O) groups excluding carboxylic acids is 2. The maximum Gasteiger partial charge on any atom is 0.274 e. The predicted octanol–water partition coefficient (Wildman–Crippen LogP) is 4.08. The molecule has 0 bridgehead atoms. The third kappa shape index (κ3) is 5.32. The number of carbonyl (C=O) groups is 2. The van der Waals surface area contributed by atoms with Gasteiger partial charge in [-0.1, -0.05) is 60.7 Å². The molecule has 1 aliphatic rings. The van der Waals surface area contributed by atoms with Crippen molar-refractivity contribution in [3.05, 3.63) is 90.1 Å². The van der Waals surface area contributed by atoms with Crippen LogP contribution in [0.5, 0.6) is 5.75 Å². The van der Waals surface area contributed by atoms with E-state index in [1.165, 1.54) is 5.56 Å². The Labute approximate surface area is 188 Å². The zero-order chi connectivity index (χ0) is 22.2. The SMILES string of the molecule is O=C(CCCN1C(=O)C(c2ccccc2)Oc2cccnc21)NCCCc1ccccc1. The molecule has 6 nitrogen and oxygen atoms in total. The van der Waals surface area contributed by atoms with Gasteiger partial charge in [0.25, 0.3) is 5.91 Å². The van der Waals surface area contributed by atoms with Crippen molar-refractivity contribution < 1.29 is 14.3 Å². The highest BCUT2D eigenvalue weighted by molar-refractivity contribution is 5.99. The summed E-state index contributed by atoms with van der Waals surface area (Å²) in [6.07, 6.45) is 3.67. The molecule has 0 spiro atoms. The van der Waals surface area contributed by atoms with E-state index in [-0.39, 0.29) is 11.8 Å². The molecule has 2 amide bonds. The third-order valence-electron chi connectivity index (χ3n) is 5.44.